The van der Waals surface area contributed by atoms with Crippen LogP contribution < -0.4 is 0 Å². The van der Waals surface area contributed by atoms with Crippen molar-refractivity contribution in [3.05, 3.63) is 36.5 Å². The first kappa shape index (κ1) is 11.7. The number of aromatic nitrogens is 4. The van der Waals surface area contributed by atoms with Crippen LogP contribution >= 0.6 is 11.8 Å². The van der Waals surface area contributed by atoms with E-state index in [1.807, 2.05) is 18.5 Å². The summed E-state index contributed by atoms with van der Waals surface area (Å²) in [6.07, 6.45) is 6.39. The second-order valence-corrected chi connectivity index (χ2v) is 6.69. The summed E-state index contributed by atoms with van der Waals surface area (Å²) in [7, 11) is 0. The van der Waals surface area contributed by atoms with Crippen molar-refractivity contribution in [1.82, 2.24) is 19.7 Å². The van der Waals surface area contributed by atoms with E-state index in [0.717, 1.165) is 22.5 Å². The molecule has 4 nitrogen and oxygen atoms in total. The van der Waals surface area contributed by atoms with Gasteiger partial charge in [-0.3, -0.25) is 4.68 Å². The lowest BCUT2D eigenvalue weighted by molar-refractivity contribution is 0.550. The maximum Gasteiger partial charge on any atom is 0.187 e. The Morgan fingerprint density at radius 2 is 2.05 bits per heavy atom. The van der Waals surface area contributed by atoms with Crippen molar-refractivity contribution in [3.8, 4) is 11.4 Å². The van der Waals surface area contributed by atoms with Gasteiger partial charge in [0.1, 0.15) is 5.69 Å². The minimum absolute atomic E-state index is 0.340. The topological polar surface area (TPSA) is 43.6 Å². The van der Waals surface area contributed by atoms with Crippen molar-refractivity contribution < 1.29 is 0 Å². The first-order valence-corrected chi connectivity index (χ1v) is 8.40. The molecule has 0 bridgehead atoms. The fourth-order valence-electron chi connectivity index (χ4n) is 3.19. The molecule has 2 heterocycles. The van der Waals surface area contributed by atoms with Crippen molar-refractivity contribution in [3.63, 3.8) is 0 Å². The summed E-state index contributed by atoms with van der Waals surface area (Å²) in [6.45, 7) is 0. The predicted octanol–water partition coefficient (Wildman–Crippen LogP) is 3.33. The molecule has 2 aromatic heterocycles. The molecule has 0 amide bonds. The molecule has 0 unspecified atom stereocenters. The Hall–Kier alpha value is -1.88. The molecule has 0 radical (unpaired) electrons. The lowest BCUT2D eigenvalue weighted by atomic mass is 10.1. The van der Waals surface area contributed by atoms with Crippen LogP contribution in [0.5, 0.6) is 0 Å². The molecule has 0 spiro atoms. The number of benzene rings is 1. The van der Waals surface area contributed by atoms with Gasteiger partial charge in [0.2, 0.25) is 0 Å². The average molecular weight is 294 g/mol. The minimum atomic E-state index is 0.340. The Balaban J connectivity index is 1.76. The van der Waals surface area contributed by atoms with Crippen LogP contribution in [0.2, 0.25) is 0 Å². The molecule has 0 N–H and O–H groups in total. The van der Waals surface area contributed by atoms with Crippen LogP contribution in [-0.2, 0) is 5.54 Å². The Morgan fingerprint density at radius 3 is 2.81 bits per heavy atom. The highest BCUT2D eigenvalue weighted by Gasteiger charge is 2.72. The number of para-hydroxylation sites is 1. The molecule has 2 aliphatic rings. The van der Waals surface area contributed by atoms with Gasteiger partial charge in [0.25, 0.3) is 0 Å². The number of hydrogen-bond donors (Lipinski definition) is 0. The predicted molar refractivity (Wildman–Crippen MR) is 83.2 cm³/mol. The third-order valence-corrected chi connectivity index (χ3v) is 5.27. The van der Waals surface area contributed by atoms with Crippen LogP contribution in [0.15, 0.2) is 41.7 Å². The number of nitrogens with zero attached hydrogens (tertiary/aromatic N) is 4. The van der Waals surface area contributed by atoms with Gasteiger partial charge in [-0.15, -0.1) is 0 Å². The van der Waals surface area contributed by atoms with E-state index in [9.17, 15) is 0 Å². The van der Waals surface area contributed by atoms with Crippen LogP contribution in [0.3, 0.4) is 0 Å². The van der Waals surface area contributed by atoms with E-state index >= 15 is 0 Å². The maximum atomic E-state index is 4.93. The SMILES string of the molecule is CSc1nccc(-c2nn(C34CC3C4)c3ccccc23)n1. The first-order chi connectivity index (χ1) is 10.3. The zero-order valence-electron chi connectivity index (χ0n) is 11.7. The minimum Gasteiger partial charge on any atom is -0.258 e. The standard InChI is InChI=1S/C16H14N4S/c1-21-15-17-7-6-12(18-15)14-11-4-2-3-5-13(11)20(19-14)16-8-10(16)9-16/h2-7,10H,8-9H2,1H3. The third kappa shape index (κ3) is 1.55. The lowest BCUT2D eigenvalue weighted by Gasteiger charge is -2.05. The molecule has 5 heteroatoms. The molecule has 2 fully saturated rings. The first-order valence-electron chi connectivity index (χ1n) is 7.17. The summed E-state index contributed by atoms with van der Waals surface area (Å²) in [4.78, 5) is 8.87. The Morgan fingerprint density at radius 1 is 1.24 bits per heavy atom. The summed E-state index contributed by atoms with van der Waals surface area (Å²) in [6, 6.07) is 10.4. The molecular weight excluding hydrogens is 280 g/mol. The Kier molecular flexibility index (Phi) is 2.16. The Labute approximate surface area is 126 Å². The second-order valence-electron chi connectivity index (χ2n) is 5.91. The number of hydrogen-bond acceptors (Lipinski definition) is 4. The molecule has 1 aromatic carbocycles. The average Bonchev–Trinajstić information content (AvgIpc) is 3.36. The van der Waals surface area contributed by atoms with Crippen molar-refractivity contribution in [1.29, 1.82) is 0 Å². The van der Waals surface area contributed by atoms with E-state index in [0.29, 0.717) is 5.54 Å². The Bertz CT molecular complexity index is 864. The molecule has 0 atom stereocenters. The van der Waals surface area contributed by atoms with E-state index in [1.54, 1.807) is 11.8 Å². The van der Waals surface area contributed by atoms with Crippen LogP contribution in [-0.4, -0.2) is 26.0 Å². The van der Waals surface area contributed by atoms with Gasteiger partial charge in [-0.2, -0.15) is 5.10 Å². The van der Waals surface area contributed by atoms with Gasteiger partial charge in [0, 0.05) is 11.6 Å². The summed E-state index contributed by atoms with van der Waals surface area (Å²) in [5.74, 6) is 0.862. The quantitative estimate of drug-likeness (QED) is 0.549. The fraction of sp³-hybridized carbons (Fsp3) is 0.312. The van der Waals surface area contributed by atoms with Crippen molar-refractivity contribution in [2.45, 2.75) is 23.5 Å². The van der Waals surface area contributed by atoms with Gasteiger partial charge in [0.05, 0.1) is 16.7 Å². The fourth-order valence-corrected chi connectivity index (χ4v) is 3.54. The molecule has 2 aliphatic carbocycles. The summed E-state index contributed by atoms with van der Waals surface area (Å²) < 4.78 is 2.25. The van der Waals surface area contributed by atoms with Gasteiger partial charge in [-0.1, -0.05) is 30.0 Å². The molecule has 104 valence electrons. The smallest absolute Gasteiger partial charge is 0.187 e. The summed E-state index contributed by atoms with van der Waals surface area (Å²) in [5.41, 5.74) is 3.47. The zero-order chi connectivity index (χ0) is 14.0. The van der Waals surface area contributed by atoms with Gasteiger partial charge in [-0.05, 0) is 37.1 Å². The van der Waals surface area contributed by atoms with Crippen LogP contribution in [0.1, 0.15) is 12.8 Å². The molecule has 2 saturated carbocycles. The van der Waals surface area contributed by atoms with Crippen molar-refractivity contribution in [2.24, 2.45) is 5.92 Å². The maximum absolute atomic E-state index is 4.93. The summed E-state index contributed by atoms with van der Waals surface area (Å²) in [5, 5.41) is 6.91. The van der Waals surface area contributed by atoms with Gasteiger partial charge >= 0.3 is 0 Å². The lowest BCUT2D eigenvalue weighted by Crippen LogP contribution is -2.08. The summed E-state index contributed by atoms with van der Waals surface area (Å²) >= 11 is 1.56. The van der Waals surface area contributed by atoms with Gasteiger partial charge in [0.15, 0.2) is 5.16 Å². The van der Waals surface area contributed by atoms with Crippen molar-refractivity contribution >= 4 is 22.7 Å². The molecule has 3 aromatic rings. The van der Waals surface area contributed by atoms with Crippen LogP contribution in [0, 0.1) is 5.92 Å². The van der Waals surface area contributed by atoms with E-state index < -0.39 is 0 Å². The van der Waals surface area contributed by atoms with E-state index in [4.69, 9.17) is 5.10 Å². The molecular formula is C16H14N4S. The molecule has 0 saturated heterocycles. The van der Waals surface area contributed by atoms with E-state index in [-0.39, 0.29) is 0 Å². The van der Waals surface area contributed by atoms with Gasteiger partial charge < -0.3 is 0 Å². The van der Waals surface area contributed by atoms with Gasteiger partial charge in [-0.25, -0.2) is 9.97 Å². The zero-order valence-corrected chi connectivity index (χ0v) is 12.5. The third-order valence-electron chi connectivity index (χ3n) is 4.71. The highest BCUT2D eigenvalue weighted by Crippen LogP contribution is 2.73. The monoisotopic (exact) mass is 294 g/mol. The number of fused-ring (bicyclic) bond motifs is 2. The van der Waals surface area contributed by atoms with E-state index in [1.165, 1.54) is 23.7 Å². The number of thioether (sulfide) groups is 1. The normalized spacial score (nSPS) is 25.9. The molecule has 5 rings (SSSR count). The number of rotatable bonds is 3. The highest BCUT2D eigenvalue weighted by molar-refractivity contribution is 7.98. The van der Waals surface area contributed by atoms with Crippen molar-refractivity contribution in [2.75, 3.05) is 6.26 Å². The molecule has 0 aliphatic heterocycles. The van der Waals surface area contributed by atoms with Crippen LogP contribution in [0.4, 0.5) is 0 Å². The second kappa shape index (κ2) is 3.85. The largest absolute Gasteiger partial charge is 0.258 e. The van der Waals surface area contributed by atoms with E-state index in [2.05, 4.69) is 38.9 Å². The molecule has 21 heavy (non-hydrogen) atoms. The van der Waals surface area contributed by atoms with Crippen LogP contribution in [0.25, 0.3) is 22.3 Å². The highest BCUT2D eigenvalue weighted by atomic mass is 32.2.